The Morgan fingerprint density at radius 3 is 2.62 bits per heavy atom. The van der Waals surface area contributed by atoms with Crippen LogP contribution in [0.3, 0.4) is 0 Å². The normalized spacial score (nSPS) is 17.0. The molecule has 8 nitrogen and oxygen atoms in total. The molecule has 1 atom stereocenters. The summed E-state index contributed by atoms with van der Waals surface area (Å²) in [6, 6.07) is 3.47. The van der Waals surface area contributed by atoms with Crippen LogP contribution >= 0.6 is 0 Å². The van der Waals surface area contributed by atoms with Gasteiger partial charge in [0.2, 0.25) is 18.2 Å². The first-order chi connectivity index (χ1) is 11.4. The van der Waals surface area contributed by atoms with E-state index in [1.807, 2.05) is 0 Å². The zero-order chi connectivity index (χ0) is 17.9. The molecule has 1 aromatic carbocycles. The number of amides is 5. The van der Waals surface area contributed by atoms with E-state index in [1.54, 1.807) is 19.1 Å². The number of hydrogen-bond donors (Lipinski definition) is 2. The lowest BCUT2D eigenvalue weighted by molar-refractivity contribution is -0.139. The highest BCUT2D eigenvalue weighted by molar-refractivity contribution is 6.08. The van der Waals surface area contributed by atoms with Gasteiger partial charge >= 0.3 is 0 Å². The van der Waals surface area contributed by atoms with Crippen molar-refractivity contribution in [3.05, 3.63) is 34.9 Å². The van der Waals surface area contributed by atoms with Gasteiger partial charge in [0.15, 0.2) is 0 Å². The van der Waals surface area contributed by atoms with Crippen LogP contribution in [0, 0.1) is 6.92 Å². The van der Waals surface area contributed by atoms with E-state index >= 15 is 0 Å². The minimum Gasteiger partial charge on any atom is -0.355 e. The van der Waals surface area contributed by atoms with Crippen LogP contribution in [0.15, 0.2) is 18.2 Å². The van der Waals surface area contributed by atoms with Crippen LogP contribution in [0.1, 0.15) is 39.1 Å². The zero-order valence-corrected chi connectivity index (χ0v) is 13.3. The summed E-state index contributed by atoms with van der Waals surface area (Å²) in [6.07, 6.45) is 0.392. The van der Waals surface area contributed by atoms with Gasteiger partial charge in [0.25, 0.3) is 11.8 Å². The average molecular weight is 331 g/mol. The minimum atomic E-state index is -1.05. The fourth-order valence-corrected chi connectivity index (χ4v) is 2.49. The van der Waals surface area contributed by atoms with Gasteiger partial charge in [-0.15, -0.1) is 0 Å². The van der Waals surface area contributed by atoms with E-state index < -0.39 is 23.8 Å². The van der Waals surface area contributed by atoms with Crippen LogP contribution in [0.4, 0.5) is 0 Å². The van der Waals surface area contributed by atoms with Gasteiger partial charge in [0, 0.05) is 24.6 Å². The number of benzene rings is 1. The maximum atomic E-state index is 12.7. The number of piperidine rings is 1. The Morgan fingerprint density at radius 2 is 2.04 bits per heavy atom. The van der Waals surface area contributed by atoms with Crippen molar-refractivity contribution >= 4 is 30.0 Å². The number of aryl methyl sites for hydroxylation is 1. The molecule has 1 fully saturated rings. The van der Waals surface area contributed by atoms with Gasteiger partial charge in [0.1, 0.15) is 6.04 Å². The Balaban J connectivity index is 2.35. The molecule has 1 aromatic rings. The molecule has 5 amide bonds. The largest absolute Gasteiger partial charge is 0.355 e. The number of nitrogens with one attached hydrogen (secondary N) is 2. The summed E-state index contributed by atoms with van der Waals surface area (Å²) in [7, 11) is 1.46. The number of imide groups is 2. The average Bonchev–Trinajstić information content (AvgIpc) is 2.56. The monoisotopic (exact) mass is 331 g/mol. The summed E-state index contributed by atoms with van der Waals surface area (Å²) in [5.74, 6) is -2.19. The molecule has 126 valence electrons. The molecule has 2 rings (SSSR count). The van der Waals surface area contributed by atoms with Crippen LogP contribution in [-0.2, 0) is 14.4 Å². The van der Waals surface area contributed by atoms with Crippen molar-refractivity contribution in [2.75, 3.05) is 7.05 Å². The van der Waals surface area contributed by atoms with E-state index in [4.69, 9.17) is 0 Å². The summed E-state index contributed by atoms with van der Waals surface area (Å²) in [4.78, 5) is 59.7. The summed E-state index contributed by atoms with van der Waals surface area (Å²) in [5, 5.41) is 4.56. The van der Waals surface area contributed by atoms with Crippen molar-refractivity contribution < 1.29 is 24.0 Å². The Bertz CT molecular complexity index is 728. The Labute approximate surface area is 138 Å². The number of carbonyl (C=O) groups excluding carboxylic acids is 5. The molecule has 1 heterocycles. The highest BCUT2D eigenvalue weighted by Gasteiger charge is 2.35. The molecule has 1 unspecified atom stereocenters. The Hall–Kier alpha value is -3.03. The summed E-state index contributed by atoms with van der Waals surface area (Å²) >= 11 is 0. The molecule has 1 aliphatic rings. The van der Waals surface area contributed by atoms with E-state index in [2.05, 4.69) is 10.6 Å². The van der Waals surface area contributed by atoms with Crippen LogP contribution in [-0.4, -0.2) is 48.0 Å². The fraction of sp³-hybridized carbons (Fsp3) is 0.312. The molecule has 0 aliphatic carbocycles. The van der Waals surface area contributed by atoms with E-state index in [0.29, 0.717) is 5.56 Å². The standard InChI is InChI=1S/C16H17N3O5/c1-9-3-4-10(14(22)17-2)7-11(9)16(24)19(8-20)12-5-6-13(21)18-15(12)23/h3-4,7-8,12H,5-6H2,1-2H3,(H,17,22)(H,18,21,23). The van der Waals surface area contributed by atoms with Crippen molar-refractivity contribution in [3.8, 4) is 0 Å². The Kier molecular flexibility index (Phi) is 5.08. The number of hydrogen-bond acceptors (Lipinski definition) is 5. The molecule has 2 N–H and O–H groups in total. The van der Waals surface area contributed by atoms with E-state index in [0.717, 1.165) is 4.90 Å². The molecule has 0 saturated carbocycles. The van der Waals surface area contributed by atoms with Gasteiger partial charge in [-0.1, -0.05) is 6.07 Å². The minimum absolute atomic E-state index is 0.0469. The second-order valence-electron chi connectivity index (χ2n) is 5.39. The smallest absolute Gasteiger partial charge is 0.261 e. The molecule has 0 bridgehead atoms. The SMILES string of the molecule is CNC(=O)c1ccc(C)c(C(=O)N(C=O)C2CCC(=O)NC2=O)c1. The van der Waals surface area contributed by atoms with Crippen LogP contribution in [0.5, 0.6) is 0 Å². The lowest BCUT2D eigenvalue weighted by Gasteiger charge is -2.28. The zero-order valence-electron chi connectivity index (χ0n) is 13.3. The lowest BCUT2D eigenvalue weighted by Crippen LogP contribution is -2.54. The van der Waals surface area contributed by atoms with E-state index in [1.165, 1.54) is 13.1 Å². The topological polar surface area (TPSA) is 113 Å². The van der Waals surface area contributed by atoms with Gasteiger partial charge in [-0.2, -0.15) is 0 Å². The highest BCUT2D eigenvalue weighted by Crippen LogP contribution is 2.18. The van der Waals surface area contributed by atoms with Crippen LogP contribution < -0.4 is 10.6 Å². The van der Waals surface area contributed by atoms with Crippen molar-refractivity contribution in [2.45, 2.75) is 25.8 Å². The predicted molar refractivity (Wildman–Crippen MR) is 83.0 cm³/mol. The summed E-state index contributed by atoms with van der Waals surface area (Å²) in [6.45, 7) is 1.66. The summed E-state index contributed by atoms with van der Waals surface area (Å²) in [5.41, 5.74) is 0.972. The third-order valence-electron chi connectivity index (χ3n) is 3.85. The predicted octanol–water partition coefficient (Wildman–Crippen LogP) is -0.242. The highest BCUT2D eigenvalue weighted by atomic mass is 16.2. The van der Waals surface area contributed by atoms with Crippen molar-refractivity contribution in [1.82, 2.24) is 15.5 Å². The number of carbonyl (C=O) groups is 5. The lowest BCUT2D eigenvalue weighted by atomic mass is 10.0. The molecular weight excluding hydrogens is 314 g/mol. The molecule has 1 aliphatic heterocycles. The van der Waals surface area contributed by atoms with Crippen LogP contribution in [0.25, 0.3) is 0 Å². The van der Waals surface area contributed by atoms with Gasteiger partial charge in [-0.3, -0.25) is 34.2 Å². The Morgan fingerprint density at radius 1 is 1.33 bits per heavy atom. The number of nitrogens with zero attached hydrogens (tertiary/aromatic N) is 1. The molecule has 0 spiro atoms. The van der Waals surface area contributed by atoms with Gasteiger partial charge in [-0.05, 0) is 31.0 Å². The molecule has 0 aromatic heterocycles. The van der Waals surface area contributed by atoms with E-state index in [9.17, 15) is 24.0 Å². The van der Waals surface area contributed by atoms with Crippen molar-refractivity contribution in [3.63, 3.8) is 0 Å². The van der Waals surface area contributed by atoms with Gasteiger partial charge in [-0.25, -0.2) is 0 Å². The second kappa shape index (κ2) is 7.03. The summed E-state index contributed by atoms with van der Waals surface area (Å²) < 4.78 is 0. The number of rotatable bonds is 4. The first-order valence-electron chi connectivity index (χ1n) is 7.33. The molecule has 8 heteroatoms. The van der Waals surface area contributed by atoms with Crippen molar-refractivity contribution in [2.24, 2.45) is 0 Å². The molecule has 24 heavy (non-hydrogen) atoms. The van der Waals surface area contributed by atoms with E-state index in [-0.39, 0.29) is 36.3 Å². The maximum Gasteiger partial charge on any atom is 0.261 e. The third-order valence-corrected chi connectivity index (χ3v) is 3.85. The third kappa shape index (κ3) is 3.32. The van der Waals surface area contributed by atoms with Gasteiger partial charge in [0.05, 0.1) is 0 Å². The second-order valence-corrected chi connectivity index (χ2v) is 5.39. The first-order valence-corrected chi connectivity index (χ1v) is 7.33. The maximum absolute atomic E-state index is 12.7. The molecule has 1 saturated heterocycles. The van der Waals surface area contributed by atoms with Crippen molar-refractivity contribution in [1.29, 1.82) is 0 Å². The molecular formula is C16H17N3O5. The van der Waals surface area contributed by atoms with Crippen LogP contribution in [0.2, 0.25) is 0 Å². The molecule has 0 radical (unpaired) electrons. The van der Waals surface area contributed by atoms with Gasteiger partial charge < -0.3 is 5.32 Å². The fourth-order valence-electron chi connectivity index (χ4n) is 2.49. The first kappa shape index (κ1) is 17.3. The quantitative estimate of drug-likeness (QED) is 0.584.